The molecule has 5 heterocycles. The smallest absolute Gasteiger partial charge is 0.243 e. The molecule has 2 atom stereocenters. The van der Waals surface area contributed by atoms with E-state index in [2.05, 4.69) is 35.8 Å². The second-order valence-electron chi connectivity index (χ2n) is 14.8. The van der Waals surface area contributed by atoms with Crippen LogP contribution >= 0.6 is 0 Å². The Balaban J connectivity index is 1.26. The second kappa shape index (κ2) is 20.3. The van der Waals surface area contributed by atoms with E-state index in [0.717, 1.165) is 37.3 Å². The second-order valence-corrected chi connectivity index (χ2v) is 16.6. The number of anilines is 2. The van der Waals surface area contributed by atoms with Gasteiger partial charge in [0.2, 0.25) is 33.7 Å². The lowest BCUT2D eigenvalue weighted by Gasteiger charge is -2.34. The fourth-order valence-corrected chi connectivity index (χ4v) is 8.29. The summed E-state index contributed by atoms with van der Waals surface area (Å²) < 4.78 is 29.7. The van der Waals surface area contributed by atoms with Crippen molar-refractivity contribution in [3.63, 3.8) is 0 Å². The molecule has 0 radical (unpaired) electrons. The maximum atomic E-state index is 14.2. The van der Waals surface area contributed by atoms with E-state index in [1.807, 2.05) is 24.3 Å². The number of rotatable bonds is 8. The molecule has 5 aliphatic rings. The first-order valence-corrected chi connectivity index (χ1v) is 21.3. The van der Waals surface area contributed by atoms with Gasteiger partial charge in [-0.2, -0.15) is 0 Å². The van der Waals surface area contributed by atoms with Gasteiger partial charge in [-0.25, -0.2) is 13.1 Å². The minimum Gasteiger partial charge on any atom is -0.350 e. The van der Waals surface area contributed by atoms with Gasteiger partial charge in [0.15, 0.2) is 0 Å². The number of hydrogen-bond acceptors (Lipinski definition) is 9. The first-order chi connectivity index (χ1) is 28.0. The molecule has 15 heteroatoms. The quantitative estimate of drug-likeness (QED) is 0.155. The summed E-state index contributed by atoms with van der Waals surface area (Å²) in [7, 11) is -4.04. The third kappa shape index (κ3) is 13.0. The normalized spacial score (nSPS) is 21.2. The van der Waals surface area contributed by atoms with E-state index in [1.54, 1.807) is 78.9 Å². The average Bonchev–Trinajstić information content (AvgIpc) is 3.22. The van der Waals surface area contributed by atoms with Gasteiger partial charge in [-0.1, -0.05) is 78.9 Å². The summed E-state index contributed by atoms with van der Waals surface area (Å²) in [6.45, 7) is 5.01. The monoisotopic (exact) mass is 808 g/mol. The molecule has 58 heavy (non-hydrogen) atoms. The van der Waals surface area contributed by atoms with Crippen LogP contribution in [0.1, 0.15) is 40.7 Å². The Labute approximate surface area is 340 Å². The number of nitrogens with one attached hydrogen (secondary N) is 5. The maximum Gasteiger partial charge on any atom is 0.243 e. The zero-order valence-electron chi connectivity index (χ0n) is 32.5. The molecule has 4 aromatic carbocycles. The molecule has 14 nitrogen and oxygen atoms in total. The van der Waals surface area contributed by atoms with Crippen LogP contribution in [-0.2, 0) is 60.9 Å². The van der Waals surface area contributed by atoms with Gasteiger partial charge in [0.25, 0.3) is 0 Å². The summed E-state index contributed by atoms with van der Waals surface area (Å²) in [6.07, 6.45) is 0.685. The van der Waals surface area contributed by atoms with E-state index in [0.29, 0.717) is 60.5 Å². The molecule has 9 rings (SSSR count). The molecule has 306 valence electrons. The van der Waals surface area contributed by atoms with Crippen LogP contribution in [0.5, 0.6) is 0 Å². The number of benzene rings is 4. The molecule has 0 unspecified atom stereocenters. The largest absolute Gasteiger partial charge is 0.350 e. The van der Waals surface area contributed by atoms with Gasteiger partial charge < -0.3 is 36.8 Å². The van der Waals surface area contributed by atoms with Crippen molar-refractivity contribution in [2.24, 2.45) is 5.73 Å². The summed E-state index contributed by atoms with van der Waals surface area (Å²) >= 11 is 0. The predicted octanol–water partition coefficient (Wildman–Crippen LogP) is 2.51. The Hall–Kier alpha value is -5.45. The molecule has 6 bridgehead atoms. The van der Waals surface area contributed by atoms with Crippen molar-refractivity contribution in [3.05, 3.63) is 131 Å². The van der Waals surface area contributed by atoms with E-state index in [-0.39, 0.29) is 37.0 Å². The zero-order chi connectivity index (χ0) is 40.9. The summed E-state index contributed by atoms with van der Waals surface area (Å²) in [5, 5.41) is 11.6. The zero-order valence-corrected chi connectivity index (χ0v) is 33.3. The van der Waals surface area contributed by atoms with Gasteiger partial charge >= 0.3 is 0 Å². The maximum absolute atomic E-state index is 14.2. The number of fused-ring (bicyclic) bond motifs is 3. The van der Waals surface area contributed by atoms with E-state index < -0.39 is 33.9 Å². The number of amides is 4. The Bertz CT molecular complexity index is 2110. The van der Waals surface area contributed by atoms with Crippen molar-refractivity contribution < 1.29 is 27.6 Å². The first kappa shape index (κ1) is 42.2. The number of nitrogens with two attached hydrogens (primary N) is 1. The highest BCUT2D eigenvalue weighted by Gasteiger charge is 2.30. The lowest BCUT2D eigenvalue weighted by atomic mass is 10.0. The van der Waals surface area contributed by atoms with Gasteiger partial charge in [0.05, 0.1) is 5.75 Å². The molecule has 1 saturated heterocycles. The molecule has 0 saturated carbocycles. The first-order valence-electron chi connectivity index (χ1n) is 19.6. The molecule has 0 aliphatic carbocycles. The Morgan fingerprint density at radius 2 is 1.17 bits per heavy atom. The number of carbonyl (C=O) groups is 4. The molecular weight excluding hydrogens is 757 g/mol. The minimum atomic E-state index is -4.04. The van der Waals surface area contributed by atoms with Gasteiger partial charge in [-0.3, -0.25) is 19.2 Å². The van der Waals surface area contributed by atoms with E-state index >= 15 is 0 Å². The van der Waals surface area contributed by atoms with Crippen LogP contribution in [0.3, 0.4) is 0 Å². The van der Waals surface area contributed by atoms with Crippen LogP contribution in [0.2, 0.25) is 0 Å². The number of piperazine rings is 1. The highest BCUT2D eigenvalue weighted by atomic mass is 32.2. The molecule has 4 aromatic rings. The number of carbonyl (C=O) groups excluding carboxylic acids is 4. The lowest BCUT2D eigenvalue weighted by Crippen LogP contribution is -2.55. The number of hydrogen-bond donors (Lipinski definition) is 6. The van der Waals surface area contributed by atoms with E-state index in [1.165, 1.54) is 0 Å². The summed E-state index contributed by atoms with van der Waals surface area (Å²) in [4.78, 5) is 58.3. The van der Waals surface area contributed by atoms with Crippen molar-refractivity contribution in [3.8, 4) is 0 Å². The van der Waals surface area contributed by atoms with Gasteiger partial charge in [0.1, 0.15) is 12.1 Å². The molecule has 5 aliphatic heterocycles. The van der Waals surface area contributed by atoms with Crippen molar-refractivity contribution in [1.29, 1.82) is 0 Å². The lowest BCUT2D eigenvalue weighted by molar-refractivity contribution is -0.129. The third-order valence-corrected chi connectivity index (χ3v) is 11.7. The molecule has 0 aromatic heterocycles. The van der Waals surface area contributed by atoms with Crippen LogP contribution in [0.25, 0.3) is 0 Å². The standard InChI is InChI=1S/C43H52N8O6S/c44-28-33-6-8-34(9-7-33)29-45-42(54)38-26-31-10-14-36(15-11-31)46-40(52)18-20-50-22-24-51(25-23-50)21-19-41(53)47-37-16-12-32(13-17-37)27-39(43(55)48-38)49-58(56,57)30-35-4-2-1-3-5-35/h1-17,38-39,49H,18-30,44H2,(H,45,54)(H,46,52)(H,47,53)(H,48,55)/t38-,39+/m0/s1. The third-order valence-electron chi connectivity index (χ3n) is 10.3. The highest BCUT2D eigenvalue weighted by molar-refractivity contribution is 7.88. The molecule has 0 spiro atoms. The minimum absolute atomic E-state index is 0.0315. The van der Waals surface area contributed by atoms with Crippen molar-refractivity contribution in [1.82, 2.24) is 25.2 Å². The van der Waals surface area contributed by atoms with Gasteiger partial charge in [-0.05, 0) is 58.5 Å². The van der Waals surface area contributed by atoms with Crippen LogP contribution in [0.4, 0.5) is 11.4 Å². The highest BCUT2D eigenvalue weighted by Crippen LogP contribution is 2.16. The van der Waals surface area contributed by atoms with E-state index in [4.69, 9.17) is 5.73 Å². The molecule has 7 N–H and O–H groups in total. The predicted molar refractivity (Wildman–Crippen MR) is 224 cm³/mol. The summed E-state index contributed by atoms with van der Waals surface area (Å²) in [5.41, 5.74) is 10.6. The van der Waals surface area contributed by atoms with Crippen molar-refractivity contribution in [2.75, 3.05) is 49.9 Å². The van der Waals surface area contributed by atoms with Crippen molar-refractivity contribution >= 4 is 45.0 Å². The number of sulfonamides is 1. The Morgan fingerprint density at radius 1 is 0.655 bits per heavy atom. The fourth-order valence-electron chi connectivity index (χ4n) is 6.95. The Morgan fingerprint density at radius 3 is 1.71 bits per heavy atom. The SMILES string of the molecule is NCc1ccc(CNC(=O)[C@@H]2Cc3ccc(cc3)NC(=O)CCN3CCN(CCC(=O)Nc4ccc(cc4)C[C@@H](NS(=O)(=O)Cc4ccccc4)C(=O)N2)CC3)cc1. The molecular formula is C43H52N8O6S. The van der Waals surface area contributed by atoms with Crippen LogP contribution < -0.4 is 31.7 Å². The fraction of sp³-hybridized carbons (Fsp3) is 0.349. The van der Waals surface area contributed by atoms with Gasteiger partial charge in [-0.15, -0.1) is 0 Å². The average molecular weight is 809 g/mol. The van der Waals surface area contributed by atoms with E-state index in [9.17, 15) is 27.6 Å². The molecule has 1 fully saturated rings. The van der Waals surface area contributed by atoms with Gasteiger partial charge in [0, 0.05) is 83.0 Å². The van der Waals surface area contributed by atoms with Crippen LogP contribution in [0, 0.1) is 0 Å². The summed E-state index contributed by atoms with van der Waals surface area (Å²) in [6, 6.07) is 27.8. The Kier molecular flexibility index (Phi) is 14.8. The van der Waals surface area contributed by atoms with Crippen molar-refractivity contribution in [2.45, 2.75) is 56.6 Å². The topological polar surface area (TPSA) is 195 Å². The molecule has 4 amide bonds. The van der Waals surface area contributed by atoms with Crippen LogP contribution in [0.15, 0.2) is 103 Å². The number of nitrogens with zero attached hydrogens (tertiary/aromatic N) is 2. The summed E-state index contributed by atoms with van der Waals surface area (Å²) in [5.74, 6) is -1.76. The van der Waals surface area contributed by atoms with Crippen LogP contribution in [-0.4, -0.2) is 93.2 Å².